The van der Waals surface area contributed by atoms with Gasteiger partial charge >= 0.3 is 0 Å². The minimum absolute atomic E-state index is 0.295. The summed E-state index contributed by atoms with van der Waals surface area (Å²) in [4.78, 5) is 0. The van der Waals surface area contributed by atoms with Crippen molar-refractivity contribution in [3.8, 4) is 0 Å². The van der Waals surface area contributed by atoms with Gasteiger partial charge in [-0.25, -0.2) is 0 Å². The molecule has 0 amide bonds. The zero-order chi connectivity index (χ0) is 11.2. The van der Waals surface area contributed by atoms with Crippen LogP contribution in [-0.2, 0) is 15.9 Å². The molecule has 2 heterocycles. The highest BCUT2D eigenvalue weighted by Crippen LogP contribution is 2.25. The summed E-state index contributed by atoms with van der Waals surface area (Å²) in [6.45, 7) is 1.30. The van der Waals surface area contributed by atoms with Gasteiger partial charge in [-0.3, -0.25) is 0 Å². The van der Waals surface area contributed by atoms with Crippen molar-refractivity contribution >= 4 is 11.6 Å². The van der Waals surface area contributed by atoms with E-state index < -0.39 is 0 Å². The van der Waals surface area contributed by atoms with Crippen LogP contribution in [0.25, 0.3) is 0 Å². The summed E-state index contributed by atoms with van der Waals surface area (Å²) in [5, 5.41) is 0. The molecule has 1 aromatic heterocycles. The molecule has 0 N–H and O–H groups in total. The molecule has 0 saturated carbocycles. The predicted molar refractivity (Wildman–Crippen MR) is 61.6 cm³/mol. The molecule has 1 aliphatic rings. The van der Waals surface area contributed by atoms with Gasteiger partial charge < -0.3 is 13.9 Å². The third-order valence-corrected chi connectivity index (χ3v) is 2.86. The molecule has 1 aromatic rings. The second kappa shape index (κ2) is 6.28. The summed E-state index contributed by atoms with van der Waals surface area (Å²) in [6, 6.07) is 3.94. The number of rotatable bonds is 6. The van der Waals surface area contributed by atoms with Crippen LogP contribution in [0.4, 0.5) is 0 Å². The van der Waals surface area contributed by atoms with Crippen molar-refractivity contribution in [2.45, 2.75) is 32.0 Å². The minimum Gasteiger partial charge on any atom is -0.461 e. The number of ether oxygens (including phenoxy) is 2. The first kappa shape index (κ1) is 12.0. The highest BCUT2D eigenvalue weighted by molar-refractivity contribution is 6.17. The standard InChI is InChI=1S/C12H17ClO3/c13-7-3-1-2-4-10-5-6-11(16-10)12-14-8-9-15-12/h5-6,12H,1-4,7-9H2. The number of furan rings is 1. The molecule has 4 heteroatoms. The third-order valence-electron chi connectivity index (χ3n) is 2.59. The average Bonchev–Trinajstić information content (AvgIpc) is 2.94. The van der Waals surface area contributed by atoms with Crippen LogP contribution in [-0.4, -0.2) is 19.1 Å². The van der Waals surface area contributed by atoms with Crippen molar-refractivity contribution in [2.75, 3.05) is 19.1 Å². The molecular formula is C12H17ClO3. The molecule has 2 rings (SSSR count). The number of aryl methyl sites for hydroxylation is 1. The Morgan fingerprint density at radius 1 is 1.12 bits per heavy atom. The smallest absolute Gasteiger partial charge is 0.217 e. The predicted octanol–water partition coefficient (Wildman–Crippen LogP) is 3.28. The van der Waals surface area contributed by atoms with Crippen molar-refractivity contribution < 1.29 is 13.9 Å². The molecule has 0 spiro atoms. The molecule has 1 aliphatic heterocycles. The van der Waals surface area contributed by atoms with Gasteiger partial charge in [0.05, 0.1) is 13.2 Å². The quantitative estimate of drug-likeness (QED) is 0.569. The molecule has 0 unspecified atom stereocenters. The average molecular weight is 245 g/mol. The Morgan fingerprint density at radius 3 is 2.69 bits per heavy atom. The topological polar surface area (TPSA) is 31.6 Å². The zero-order valence-electron chi connectivity index (χ0n) is 9.28. The van der Waals surface area contributed by atoms with E-state index in [4.69, 9.17) is 25.5 Å². The summed E-state index contributed by atoms with van der Waals surface area (Å²) in [5.41, 5.74) is 0. The van der Waals surface area contributed by atoms with Gasteiger partial charge in [-0.1, -0.05) is 6.42 Å². The van der Waals surface area contributed by atoms with E-state index in [0.717, 1.165) is 43.1 Å². The fourth-order valence-corrected chi connectivity index (χ4v) is 1.94. The van der Waals surface area contributed by atoms with Gasteiger partial charge in [0.2, 0.25) is 6.29 Å². The van der Waals surface area contributed by atoms with Crippen molar-refractivity contribution in [3.63, 3.8) is 0 Å². The third kappa shape index (κ3) is 3.24. The second-order valence-electron chi connectivity index (χ2n) is 3.88. The Morgan fingerprint density at radius 2 is 1.94 bits per heavy atom. The lowest BCUT2D eigenvalue weighted by atomic mass is 10.2. The summed E-state index contributed by atoms with van der Waals surface area (Å²) >= 11 is 5.62. The SMILES string of the molecule is ClCCCCCc1ccc(C2OCCO2)o1. The first-order valence-corrected chi connectivity index (χ1v) is 6.31. The van der Waals surface area contributed by atoms with Crippen LogP contribution in [0.15, 0.2) is 16.5 Å². The van der Waals surface area contributed by atoms with E-state index in [2.05, 4.69) is 0 Å². The maximum atomic E-state index is 5.66. The van der Waals surface area contributed by atoms with Crippen LogP contribution in [0, 0.1) is 0 Å². The van der Waals surface area contributed by atoms with E-state index in [1.165, 1.54) is 0 Å². The Hall–Kier alpha value is -0.510. The van der Waals surface area contributed by atoms with Gasteiger partial charge in [0.1, 0.15) is 5.76 Å². The van der Waals surface area contributed by atoms with Crippen LogP contribution in [0.3, 0.4) is 0 Å². The van der Waals surface area contributed by atoms with E-state index in [-0.39, 0.29) is 6.29 Å². The molecule has 16 heavy (non-hydrogen) atoms. The van der Waals surface area contributed by atoms with Crippen LogP contribution >= 0.6 is 11.6 Å². The van der Waals surface area contributed by atoms with Crippen LogP contribution in [0.2, 0.25) is 0 Å². The molecule has 1 fully saturated rings. The van der Waals surface area contributed by atoms with Crippen LogP contribution in [0.5, 0.6) is 0 Å². The Balaban J connectivity index is 1.77. The zero-order valence-corrected chi connectivity index (χ0v) is 10.0. The van der Waals surface area contributed by atoms with Crippen molar-refractivity contribution in [1.82, 2.24) is 0 Å². The van der Waals surface area contributed by atoms with Crippen LogP contribution in [0.1, 0.15) is 37.1 Å². The van der Waals surface area contributed by atoms with Crippen molar-refractivity contribution in [1.29, 1.82) is 0 Å². The maximum Gasteiger partial charge on any atom is 0.217 e. The lowest BCUT2D eigenvalue weighted by Crippen LogP contribution is -1.95. The lowest BCUT2D eigenvalue weighted by molar-refractivity contribution is -0.0594. The Labute approximate surface area is 101 Å². The van der Waals surface area contributed by atoms with Crippen LogP contribution < -0.4 is 0 Å². The molecule has 0 bridgehead atoms. The number of hydrogen-bond acceptors (Lipinski definition) is 3. The molecular weight excluding hydrogens is 228 g/mol. The summed E-state index contributed by atoms with van der Waals surface area (Å²) in [5.74, 6) is 2.53. The van der Waals surface area contributed by atoms with E-state index in [1.807, 2.05) is 12.1 Å². The second-order valence-corrected chi connectivity index (χ2v) is 4.26. The van der Waals surface area contributed by atoms with Gasteiger partial charge in [0.15, 0.2) is 5.76 Å². The normalized spacial score (nSPS) is 17.1. The highest BCUT2D eigenvalue weighted by Gasteiger charge is 2.21. The van der Waals surface area contributed by atoms with Crippen molar-refractivity contribution in [2.24, 2.45) is 0 Å². The van der Waals surface area contributed by atoms with Crippen molar-refractivity contribution in [3.05, 3.63) is 23.7 Å². The molecule has 1 saturated heterocycles. The number of alkyl halides is 1. The fraction of sp³-hybridized carbons (Fsp3) is 0.667. The molecule has 0 radical (unpaired) electrons. The van der Waals surface area contributed by atoms with Gasteiger partial charge in [-0.05, 0) is 25.0 Å². The van der Waals surface area contributed by atoms with E-state index in [9.17, 15) is 0 Å². The van der Waals surface area contributed by atoms with E-state index in [1.54, 1.807) is 0 Å². The largest absolute Gasteiger partial charge is 0.461 e. The minimum atomic E-state index is -0.295. The number of unbranched alkanes of at least 4 members (excludes halogenated alkanes) is 2. The van der Waals surface area contributed by atoms with Gasteiger partial charge in [-0.15, -0.1) is 11.6 Å². The first-order valence-electron chi connectivity index (χ1n) is 5.78. The Kier molecular flexibility index (Phi) is 4.69. The molecule has 0 atom stereocenters. The molecule has 0 aliphatic carbocycles. The van der Waals surface area contributed by atoms with Gasteiger partial charge in [-0.2, -0.15) is 0 Å². The fourth-order valence-electron chi connectivity index (χ4n) is 1.75. The highest BCUT2D eigenvalue weighted by atomic mass is 35.5. The van der Waals surface area contributed by atoms with E-state index >= 15 is 0 Å². The number of hydrogen-bond donors (Lipinski definition) is 0. The molecule has 3 nitrogen and oxygen atoms in total. The summed E-state index contributed by atoms with van der Waals surface area (Å²) in [7, 11) is 0. The maximum absolute atomic E-state index is 5.66. The van der Waals surface area contributed by atoms with Gasteiger partial charge in [0.25, 0.3) is 0 Å². The number of halogens is 1. The lowest BCUT2D eigenvalue weighted by Gasteiger charge is -2.04. The van der Waals surface area contributed by atoms with E-state index in [0.29, 0.717) is 13.2 Å². The summed E-state index contributed by atoms with van der Waals surface area (Å²) < 4.78 is 16.4. The summed E-state index contributed by atoms with van der Waals surface area (Å²) in [6.07, 6.45) is 4.01. The molecule has 0 aromatic carbocycles. The first-order chi connectivity index (χ1) is 7.90. The monoisotopic (exact) mass is 244 g/mol. The van der Waals surface area contributed by atoms with Gasteiger partial charge in [0, 0.05) is 12.3 Å². The molecule has 90 valence electrons. The Bertz CT molecular complexity index is 305.